The molecular weight excluding hydrogens is 282 g/mol. The molecule has 1 fully saturated rings. The van der Waals surface area contributed by atoms with Crippen LogP contribution in [0.25, 0.3) is 0 Å². The Morgan fingerprint density at radius 2 is 2.11 bits per heavy atom. The lowest BCUT2D eigenvalue weighted by molar-refractivity contribution is 0.436. The normalized spacial score (nSPS) is 17.9. The molecule has 0 radical (unpaired) electrons. The maximum Gasteiger partial charge on any atom is 0.279 e. The molecule has 0 bridgehead atoms. The standard InChI is InChI=1S/C12H27N3O2S2/c1-11(7-10-18-3)14-19(16,17)15(2)9-4-8-13-12-5-6-12/h11-14H,4-10H2,1-3H3. The number of hydrogen-bond acceptors (Lipinski definition) is 4. The molecule has 0 saturated heterocycles. The Balaban J connectivity index is 2.20. The summed E-state index contributed by atoms with van der Waals surface area (Å²) in [5.41, 5.74) is 0. The minimum Gasteiger partial charge on any atom is -0.314 e. The topological polar surface area (TPSA) is 61.4 Å². The molecule has 0 amide bonds. The van der Waals surface area contributed by atoms with E-state index >= 15 is 0 Å². The second-order valence-electron chi connectivity index (χ2n) is 5.21. The zero-order valence-electron chi connectivity index (χ0n) is 12.2. The van der Waals surface area contributed by atoms with Gasteiger partial charge in [0.2, 0.25) is 0 Å². The average molecular weight is 310 g/mol. The van der Waals surface area contributed by atoms with Crippen molar-refractivity contribution >= 4 is 22.0 Å². The number of rotatable bonds is 11. The lowest BCUT2D eigenvalue weighted by atomic mass is 10.3. The first-order chi connectivity index (χ1) is 8.95. The molecular formula is C12H27N3O2S2. The zero-order valence-corrected chi connectivity index (χ0v) is 13.8. The van der Waals surface area contributed by atoms with Gasteiger partial charge in [-0.1, -0.05) is 0 Å². The van der Waals surface area contributed by atoms with Crippen LogP contribution in [0.15, 0.2) is 0 Å². The maximum absolute atomic E-state index is 12.0. The van der Waals surface area contributed by atoms with Crippen LogP contribution in [0.3, 0.4) is 0 Å². The summed E-state index contributed by atoms with van der Waals surface area (Å²) >= 11 is 1.73. The molecule has 0 heterocycles. The van der Waals surface area contributed by atoms with E-state index in [1.807, 2.05) is 13.2 Å². The first-order valence-corrected chi connectivity index (χ1v) is 9.75. The fourth-order valence-electron chi connectivity index (χ4n) is 1.71. The predicted molar refractivity (Wildman–Crippen MR) is 82.8 cm³/mol. The van der Waals surface area contributed by atoms with Crippen LogP contribution >= 0.6 is 11.8 Å². The summed E-state index contributed by atoms with van der Waals surface area (Å²) in [6.45, 7) is 3.37. The second kappa shape index (κ2) is 8.46. The van der Waals surface area contributed by atoms with Gasteiger partial charge in [0.25, 0.3) is 10.2 Å². The van der Waals surface area contributed by atoms with Crippen molar-refractivity contribution in [3.63, 3.8) is 0 Å². The van der Waals surface area contributed by atoms with E-state index < -0.39 is 10.2 Å². The third-order valence-electron chi connectivity index (χ3n) is 3.18. The lowest BCUT2D eigenvalue weighted by Crippen LogP contribution is -2.43. The SMILES string of the molecule is CSCCC(C)NS(=O)(=O)N(C)CCCNC1CC1. The van der Waals surface area contributed by atoms with E-state index in [2.05, 4.69) is 10.0 Å². The van der Waals surface area contributed by atoms with E-state index in [-0.39, 0.29) is 6.04 Å². The molecule has 0 aromatic rings. The quantitative estimate of drug-likeness (QED) is 0.560. The van der Waals surface area contributed by atoms with Gasteiger partial charge in [0, 0.05) is 25.7 Å². The minimum atomic E-state index is -3.33. The van der Waals surface area contributed by atoms with Gasteiger partial charge < -0.3 is 5.32 Å². The van der Waals surface area contributed by atoms with Crippen LogP contribution in [0.4, 0.5) is 0 Å². The fourth-order valence-corrected chi connectivity index (χ4v) is 3.48. The molecule has 1 unspecified atom stereocenters. The van der Waals surface area contributed by atoms with Crippen molar-refractivity contribution in [2.75, 3.05) is 32.1 Å². The van der Waals surface area contributed by atoms with Gasteiger partial charge in [-0.2, -0.15) is 29.2 Å². The molecule has 0 aliphatic heterocycles. The molecule has 1 aliphatic carbocycles. The van der Waals surface area contributed by atoms with E-state index in [0.717, 1.165) is 25.1 Å². The zero-order chi connectivity index (χ0) is 14.3. The molecule has 1 aliphatic rings. The molecule has 0 aromatic carbocycles. The summed E-state index contributed by atoms with van der Waals surface area (Å²) in [6, 6.07) is 0.677. The van der Waals surface area contributed by atoms with Gasteiger partial charge in [-0.25, -0.2) is 0 Å². The van der Waals surface area contributed by atoms with Crippen molar-refractivity contribution < 1.29 is 8.42 Å². The number of nitrogens with one attached hydrogen (secondary N) is 2. The Hall–Kier alpha value is 0.180. The molecule has 1 atom stereocenters. The highest BCUT2D eigenvalue weighted by molar-refractivity contribution is 7.98. The number of thioether (sulfide) groups is 1. The van der Waals surface area contributed by atoms with Gasteiger partial charge in [-0.05, 0) is 51.2 Å². The van der Waals surface area contributed by atoms with Crippen molar-refractivity contribution in [3.05, 3.63) is 0 Å². The van der Waals surface area contributed by atoms with Gasteiger partial charge in [-0.15, -0.1) is 0 Å². The van der Waals surface area contributed by atoms with Crippen molar-refractivity contribution in [2.45, 2.75) is 44.7 Å². The monoisotopic (exact) mass is 309 g/mol. The van der Waals surface area contributed by atoms with Crippen molar-refractivity contribution in [2.24, 2.45) is 0 Å². The number of nitrogens with zero attached hydrogens (tertiary/aromatic N) is 1. The van der Waals surface area contributed by atoms with E-state index in [1.165, 1.54) is 17.1 Å². The Bertz CT molecular complexity index is 345. The maximum atomic E-state index is 12.0. The van der Waals surface area contributed by atoms with Gasteiger partial charge >= 0.3 is 0 Å². The van der Waals surface area contributed by atoms with Gasteiger partial charge in [0.05, 0.1) is 0 Å². The Labute approximate surface area is 122 Å². The third kappa shape index (κ3) is 7.51. The van der Waals surface area contributed by atoms with Gasteiger partial charge in [-0.3, -0.25) is 0 Å². The lowest BCUT2D eigenvalue weighted by Gasteiger charge is -2.21. The molecule has 7 heteroatoms. The van der Waals surface area contributed by atoms with Crippen LogP contribution in [-0.2, 0) is 10.2 Å². The Kier molecular flexibility index (Phi) is 7.68. The minimum absolute atomic E-state index is 0.00973. The largest absolute Gasteiger partial charge is 0.314 e. The Morgan fingerprint density at radius 1 is 1.42 bits per heavy atom. The fraction of sp³-hybridized carbons (Fsp3) is 1.00. The van der Waals surface area contributed by atoms with Crippen LogP contribution in [-0.4, -0.2) is 57.0 Å². The molecule has 19 heavy (non-hydrogen) atoms. The highest BCUT2D eigenvalue weighted by Crippen LogP contribution is 2.18. The summed E-state index contributed by atoms with van der Waals surface area (Å²) in [5, 5.41) is 3.39. The molecule has 114 valence electrons. The van der Waals surface area contributed by atoms with E-state index in [9.17, 15) is 8.42 Å². The number of hydrogen-bond donors (Lipinski definition) is 2. The molecule has 2 N–H and O–H groups in total. The van der Waals surface area contributed by atoms with Crippen molar-refractivity contribution in [1.82, 2.24) is 14.3 Å². The van der Waals surface area contributed by atoms with Crippen LogP contribution in [0.2, 0.25) is 0 Å². The molecule has 0 spiro atoms. The third-order valence-corrected chi connectivity index (χ3v) is 5.52. The first-order valence-electron chi connectivity index (χ1n) is 6.91. The van der Waals surface area contributed by atoms with Crippen molar-refractivity contribution in [1.29, 1.82) is 0 Å². The van der Waals surface area contributed by atoms with Crippen molar-refractivity contribution in [3.8, 4) is 0 Å². The molecule has 0 aromatic heterocycles. The highest BCUT2D eigenvalue weighted by Gasteiger charge is 2.21. The summed E-state index contributed by atoms with van der Waals surface area (Å²) in [6.07, 6.45) is 6.27. The van der Waals surface area contributed by atoms with E-state index in [0.29, 0.717) is 12.6 Å². The van der Waals surface area contributed by atoms with Crippen LogP contribution < -0.4 is 10.0 Å². The van der Waals surface area contributed by atoms with E-state index in [4.69, 9.17) is 0 Å². The van der Waals surface area contributed by atoms with E-state index in [1.54, 1.807) is 18.8 Å². The smallest absolute Gasteiger partial charge is 0.279 e. The summed E-state index contributed by atoms with van der Waals surface area (Å²) in [4.78, 5) is 0. The molecule has 1 rings (SSSR count). The molecule has 1 saturated carbocycles. The van der Waals surface area contributed by atoms with Crippen LogP contribution in [0.1, 0.15) is 32.6 Å². The van der Waals surface area contributed by atoms with Crippen LogP contribution in [0, 0.1) is 0 Å². The second-order valence-corrected chi connectivity index (χ2v) is 8.00. The predicted octanol–water partition coefficient (Wildman–Crippen LogP) is 1.04. The average Bonchev–Trinajstić information content (AvgIpc) is 3.15. The van der Waals surface area contributed by atoms with Gasteiger partial charge in [0.15, 0.2) is 0 Å². The Morgan fingerprint density at radius 3 is 2.68 bits per heavy atom. The molecule has 5 nitrogen and oxygen atoms in total. The van der Waals surface area contributed by atoms with Crippen LogP contribution in [0.5, 0.6) is 0 Å². The first kappa shape index (κ1) is 17.2. The van der Waals surface area contributed by atoms with Gasteiger partial charge in [0.1, 0.15) is 0 Å². The highest BCUT2D eigenvalue weighted by atomic mass is 32.2. The summed E-state index contributed by atoms with van der Waals surface area (Å²) in [5.74, 6) is 0.971. The summed E-state index contributed by atoms with van der Waals surface area (Å²) in [7, 11) is -1.69. The summed E-state index contributed by atoms with van der Waals surface area (Å²) < 4.78 is 28.2.